The van der Waals surface area contributed by atoms with Crippen LogP contribution < -0.4 is 10.6 Å². The molecule has 2 aromatic rings. The van der Waals surface area contributed by atoms with Crippen LogP contribution in [0.1, 0.15) is 19.5 Å². The Bertz CT molecular complexity index is 821. The fourth-order valence-corrected chi connectivity index (χ4v) is 3.04. The number of hydrogen-bond acceptors (Lipinski definition) is 5. The van der Waals surface area contributed by atoms with Gasteiger partial charge in [0.2, 0.25) is 0 Å². The summed E-state index contributed by atoms with van der Waals surface area (Å²) in [6.45, 7) is 3.83. The number of morpholine rings is 1. The zero-order valence-electron chi connectivity index (χ0n) is 14.6. The Kier molecular flexibility index (Phi) is 5.17. The lowest BCUT2D eigenvalue weighted by molar-refractivity contribution is -0.137. The maximum Gasteiger partial charge on any atom is 0.251 e. The highest BCUT2D eigenvalue weighted by atomic mass is 19.1. The zero-order valence-corrected chi connectivity index (χ0v) is 14.6. The topological polar surface area (TPSA) is 83.5 Å². The van der Waals surface area contributed by atoms with Crippen molar-refractivity contribution in [3.05, 3.63) is 41.7 Å². The highest BCUT2D eigenvalue weighted by molar-refractivity contribution is 5.87. The highest BCUT2D eigenvalue weighted by Crippen LogP contribution is 2.29. The average molecular weight is 365 g/mol. The molecule has 2 heterocycles. The lowest BCUT2D eigenvalue weighted by Crippen LogP contribution is -2.56. The number of rotatable bonds is 4. The zero-order chi connectivity index (χ0) is 18.9. The number of aliphatic hydroxyl groups excluding tert-OH is 1. The molecule has 6 nitrogen and oxygen atoms in total. The first-order chi connectivity index (χ1) is 12.3. The number of pyridine rings is 1. The molecule has 26 heavy (non-hydrogen) atoms. The molecule has 3 rings (SSSR count). The number of carbonyl (C=O) groups is 1. The molecule has 0 aliphatic carbocycles. The lowest BCUT2D eigenvalue weighted by atomic mass is 9.94. The highest BCUT2D eigenvalue weighted by Gasteiger charge is 2.33. The van der Waals surface area contributed by atoms with Crippen molar-refractivity contribution >= 4 is 16.7 Å². The van der Waals surface area contributed by atoms with Crippen LogP contribution >= 0.6 is 0 Å². The van der Waals surface area contributed by atoms with E-state index >= 15 is 0 Å². The summed E-state index contributed by atoms with van der Waals surface area (Å²) in [7, 11) is 0. The SMILES string of the molecule is CC(C)(NC(=O)[C@@H]1CN[C@H](CO)CO1)c1ncc(F)c2ccc(F)cc12. The van der Waals surface area contributed by atoms with Gasteiger partial charge in [0, 0.05) is 17.3 Å². The molecule has 0 radical (unpaired) electrons. The summed E-state index contributed by atoms with van der Waals surface area (Å²) in [4.78, 5) is 16.6. The summed E-state index contributed by atoms with van der Waals surface area (Å²) in [6, 6.07) is 3.54. The van der Waals surface area contributed by atoms with Gasteiger partial charge in [-0.1, -0.05) is 0 Å². The van der Waals surface area contributed by atoms with Crippen LogP contribution in [0, 0.1) is 11.6 Å². The minimum atomic E-state index is -0.978. The molecule has 3 N–H and O–H groups in total. The number of ether oxygens (including phenoxy) is 1. The molecule has 8 heteroatoms. The predicted molar refractivity (Wildman–Crippen MR) is 91.4 cm³/mol. The molecule has 1 aliphatic heterocycles. The standard InChI is InChI=1S/C18H21F2N3O3/c1-18(2,23-17(25)15-7-21-11(8-24)9-26-15)16-13-5-10(19)3-4-12(13)14(20)6-22-16/h3-6,11,15,21,24H,7-9H2,1-2H3,(H,23,25)/t11-,15+/m1/s1. The van der Waals surface area contributed by atoms with Crippen molar-refractivity contribution < 1.29 is 23.4 Å². The molecular formula is C18H21F2N3O3. The number of aromatic nitrogens is 1. The smallest absolute Gasteiger partial charge is 0.251 e. The number of amides is 1. The van der Waals surface area contributed by atoms with Gasteiger partial charge in [0.05, 0.1) is 36.7 Å². The van der Waals surface area contributed by atoms with Gasteiger partial charge in [-0.15, -0.1) is 0 Å². The number of hydrogen-bond donors (Lipinski definition) is 3. The number of nitrogens with zero attached hydrogens (tertiary/aromatic N) is 1. The minimum Gasteiger partial charge on any atom is -0.395 e. The van der Waals surface area contributed by atoms with E-state index < -0.39 is 23.3 Å². The third-order valence-corrected chi connectivity index (χ3v) is 4.43. The summed E-state index contributed by atoms with van der Waals surface area (Å²) in [5, 5.41) is 15.5. The molecule has 1 saturated heterocycles. The third kappa shape index (κ3) is 3.67. The Labute approximate surface area is 149 Å². The summed E-state index contributed by atoms with van der Waals surface area (Å²) < 4.78 is 33.1. The van der Waals surface area contributed by atoms with E-state index in [1.54, 1.807) is 13.8 Å². The Morgan fingerprint density at radius 3 is 2.85 bits per heavy atom. The number of carbonyl (C=O) groups excluding carboxylic acids is 1. The average Bonchev–Trinajstić information content (AvgIpc) is 2.61. The molecule has 0 saturated carbocycles. The van der Waals surface area contributed by atoms with Gasteiger partial charge in [-0.3, -0.25) is 9.78 Å². The lowest BCUT2D eigenvalue weighted by Gasteiger charge is -2.32. The number of halogens is 2. The molecule has 0 bridgehead atoms. The molecular weight excluding hydrogens is 344 g/mol. The van der Waals surface area contributed by atoms with Crippen LogP contribution in [0.5, 0.6) is 0 Å². The monoisotopic (exact) mass is 365 g/mol. The maximum absolute atomic E-state index is 14.0. The van der Waals surface area contributed by atoms with Gasteiger partial charge in [-0.25, -0.2) is 8.78 Å². The van der Waals surface area contributed by atoms with Gasteiger partial charge in [-0.05, 0) is 32.0 Å². The van der Waals surface area contributed by atoms with Crippen LogP contribution in [0.25, 0.3) is 10.8 Å². The van der Waals surface area contributed by atoms with Crippen LogP contribution in [-0.2, 0) is 15.1 Å². The Hall–Kier alpha value is -2.16. The number of nitrogens with one attached hydrogen (secondary N) is 2. The fourth-order valence-electron chi connectivity index (χ4n) is 3.04. The van der Waals surface area contributed by atoms with Gasteiger partial charge in [0.15, 0.2) is 0 Å². The molecule has 140 valence electrons. The van der Waals surface area contributed by atoms with E-state index in [1.807, 2.05) is 0 Å². The molecule has 1 aromatic carbocycles. The number of benzene rings is 1. The molecule has 0 unspecified atom stereocenters. The molecule has 0 spiro atoms. The predicted octanol–water partition coefficient (Wildman–Crippen LogP) is 1.21. The van der Waals surface area contributed by atoms with E-state index in [0.717, 1.165) is 6.20 Å². The molecule has 1 fully saturated rings. The van der Waals surface area contributed by atoms with Crippen LogP contribution in [0.3, 0.4) is 0 Å². The Morgan fingerprint density at radius 1 is 1.42 bits per heavy atom. The quantitative estimate of drug-likeness (QED) is 0.759. The van der Waals surface area contributed by atoms with E-state index in [-0.39, 0.29) is 37.1 Å². The normalized spacial score (nSPS) is 21.0. The van der Waals surface area contributed by atoms with E-state index in [2.05, 4.69) is 15.6 Å². The third-order valence-electron chi connectivity index (χ3n) is 4.43. The largest absolute Gasteiger partial charge is 0.395 e. The summed E-state index contributed by atoms with van der Waals surface area (Å²) in [6.07, 6.45) is 0.342. The van der Waals surface area contributed by atoms with Gasteiger partial charge in [-0.2, -0.15) is 0 Å². The van der Waals surface area contributed by atoms with Crippen molar-refractivity contribution in [3.8, 4) is 0 Å². The molecule has 1 amide bonds. The number of fused-ring (bicyclic) bond motifs is 1. The van der Waals surface area contributed by atoms with Gasteiger partial charge in [0.1, 0.15) is 17.7 Å². The molecule has 1 aromatic heterocycles. The van der Waals surface area contributed by atoms with Crippen LogP contribution in [-0.4, -0.2) is 47.9 Å². The minimum absolute atomic E-state index is 0.0725. The first kappa shape index (κ1) is 18.6. The van der Waals surface area contributed by atoms with Crippen LogP contribution in [0.15, 0.2) is 24.4 Å². The summed E-state index contributed by atoms with van der Waals surface area (Å²) >= 11 is 0. The first-order valence-corrected chi connectivity index (χ1v) is 8.34. The van der Waals surface area contributed by atoms with Gasteiger partial charge >= 0.3 is 0 Å². The molecule has 1 aliphatic rings. The van der Waals surface area contributed by atoms with E-state index in [0.29, 0.717) is 11.1 Å². The van der Waals surface area contributed by atoms with Crippen molar-refractivity contribution in [2.24, 2.45) is 0 Å². The van der Waals surface area contributed by atoms with Crippen molar-refractivity contribution in [1.82, 2.24) is 15.6 Å². The van der Waals surface area contributed by atoms with E-state index in [1.165, 1.54) is 18.2 Å². The van der Waals surface area contributed by atoms with Crippen molar-refractivity contribution in [2.75, 3.05) is 19.8 Å². The van der Waals surface area contributed by atoms with Gasteiger partial charge in [0.25, 0.3) is 5.91 Å². The Balaban J connectivity index is 1.84. The van der Waals surface area contributed by atoms with Gasteiger partial charge < -0.3 is 20.5 Å². The maximum atomic E-state index is 14.0. The van der Waals surface area contributed by atoms with Crippen LogP contribution in [0.4, 0.5) is 8.78 Å². The fraction of sp³-hybridized carbons (Fsp3) is 0.444. The second-order valence-corrected chi connectivity index (χ2v) is 6.87. The summed E-state index contributed by atoms with van der Waals surface area (Å²) in [5.41, 5.74) is -0.618. The Morgan fingerprint density at radius 2 is 2.19 bits per heavy atom. The first-order valence-electron chi connectivity index (χ1n) is 8.34. The van der Waals surface area contributed by atoms with Crippen molar-refractivity contribution in [2.45, 2.75) is 31.5 Å². The van der Waals surface area contributed by atoms with Crippen molar-refractivity contribution in [1.29, 1.82) is 0 Å². The van der Waals surface area contributed by atoms with Crippen molar-refractivity contribution in [3.63, 3.8) is 0 Å². The number of aliphatic hydroxyl groups is 1. The van der Waals surface area contributed by atoms with E-state index in [4.69, 9.17) is 9.84 Å². The van der Waals surface area contributed by atoms with Crippen LogP contribution in [0.2, 0.25) is 0 Å². The summed E-state index contributed by atoms with van der Waals surface area (Å²) in [5.74, 6) is -1.43. The molecule has 2 atom stereocenters. The second kappa shape index (κ2) is 7.22. The van der Waals surface area contributed by atoms with E-state index in [9.17, 15) is 13.6 Å². The second-order valence-electron chi connectivity index (χ2n) is 6.87.